The fraction of sp³-hybridized carbons (Fsp3) is 1.00. The van der Waals surface area contributed by atoms with Crippen molar-refractivity contribution in [2.45, 2.75) is 37.8 Å². The highest BCUT2D eigenvalue weighted by Crippen LogP contribution is 2.24. The molecule has 0 bridgehead atoms. The molecule has 1 N–H and O–H groups in total. The van der Waals surface area contributed by atoms with E-state index in [9.17, 15) is 0 Å². The molecule has 3 rings (SSSR count). The molecule has 0 spiro atoms. The first-order chi connectivity index (χ1) is 7.43. The number of likely N-dealkylation sites (tertiary alicyclic amines) is 2. The van der Waals surface area contributed by atoms with Crippen LogP contribution in [0.4, 0.5) is 0 Å². The Bertz CT molecular complexity index is 209. The molecule has 0 aliphatic carbocycles. The molecule has 15 heavy (non-hydrogen) atoms. The van der Waals surface area contributed by atoms with Crippen molar-refractivity contribution in [1.82, 2.24) is 15.1 Å². The highest BCUT2D eigenvalue weighted by molar-refractivity contribution is 4.90. The van der Waals surface area contributed by atoms with Crippen molar-refractivity contribution in [2.75, 3.05) is 39.3 Å². The van der Waals surface area contributed by atoms with Gasteiger partial charge in [-0.15, -0.1) is 0 Å². The van der Waals surface area contributed by atoms with Crippen molar-refractivity contribution >= 4 is 0 Å². The summed E-state index contributed by atoms with van der Waals surface area (Å²) in [4.78, 5) is 5.44. The molecule has 1 atom stereocenters. The van der Waals surface area contributed by atoms with Gasteiger partial charge in [-0.25, -0.2) is 0 Å². The zero-order valence-corrected chi connectivity index (χ0v) is 9.62. The second-order valence-corrected chi connectivity index (χ2v) is 5.31. The van der Waals surface area contributed by atoms with Gasteiger partial charge in [-0.05, 0) is 51.9 Å². The van der Waals surface area contributed by atoms with Crippen LogP contribution < -0.4 is 5.32 Å². The van der Waals surface area contributed by atoms with Gasteiger partial charge in [0.15, 0.2) is 0 Å². The minimum atomic E-state index is 0.887. The minimum absolute atomic E-state index is 0.887. The van der Waals surface area contributed by atoms with Crippen LogP contribution in [0.15, 0.2) is 0 Å². The molecule has 0 saturated carbocycles. The lowest BCUT2D eigenvalue weighted by Crippen LogP contribution is -2.48. The van der Waals surface area contributed by atoms with Gasteiger partial charge in [0, 0.05) is 25.2 Å². The summed E-state index contributed by atoms with van der Waals surface area (Å²) in [6.45, 7) is 7.90. The molecule has 3 aliphatic rings. The fourth-order valence-corrected chi connectivity index (χ4v) is 3.28. The molecule has 0 aromatic heterocycles. The third-order valence-corrected chi connectivity index (χ3v) is 4.43. The molecular weight excluding hydrogens is 186 g/mol. The van der Waals surface area contributed by atoms with Crippen molar-refractivity contribution < 1.29 is 0 Å². The van der Waals surface area contributed by atoms with Crippen LogP contribution >= 0.6 is 0 Å². The van der Waals surface area contributed by atoms with E-state index in [-0.39, 0.29) is 0 Å². The molecule has 3 heterocycles. The summed E-state index contributed by atoms with van der Waals surface area (Å²) in [6.07, 6.45) is 5.59. The second kappa shape index (κ2) is 4.40. The van der Waals surface area contributed by atoms with E-state index in [0.29, 0.717) is 0 Å². The van der Waals surface area contributed by atoms with Gasteiger partial charge in [0.25, 0.3) is 0 Å². The van der Waals surface area contributed by atoms with Gasteiger partial charge in [-0.3, -0.25) is 9.80 Å². The van der Waals surface area contributed by atoms with Crippen molar-refractivity contribution in [2.24, 2.45) is 0 Å². The Morgan fingerprint density at radius 1 is 0.800 bits per heavy atom. The van der Waals surface area contributed by atoms with Crippen molar-refractivity contribution in [3.05, 3.63) is 0 Å². The molecule has 0 aromatic rings. The van der Waals surface area contributed by atoms with Crippen LogP contribution in [0, 0.1) is 0 Å². The Labute approximate surface area is 92.8 Å². The highest BCUT2D eigenvalue weighted by Gasteiger charge is 2.33. The summed E-state index contributed by atoms with van der Waals surface area (Å²) in [7, 11) is 0. The van der Waals surface area contributed by atoms with Crippen LogP contribution in [0.5, 0.6) is 0 Å². The smallest absolute Gasteiger partial charge is 0.0235 e. The highest BCUT2D eigenvalue weighted by atomic mass is 15.3. The largest absolute Gasteiger partial charge is 0.317 e. The first-order valence-corrected chi connectivity index (χ1v) is 6.62. The molecule has 3 nitrogen and oxygen atoms in total. The van der Waals surface area contributed by atoms with Crippen LogP contribution in [0.1, 0.15) is 25.7 Å². The first kappa shape index (κ1) is 10.1. The lowest BCUT2D eigenvalue weighted by Gasteiger charge is -2.37. The van der Waals surface area contributed by atoms with Gasteiger partial charge in [-0.1, -0.05) is 0 Å². The number of hydrogen-bond acceptors (Lipinski definition) is 3. The quantitative estimate of drug-likeness (QED) is 0.715. The van der Waals surface area contributed by atoms with E-state index in [4.69, 9.17) is 0 Å². The van der Waals surface area contributed by atoms with Gasteiger partial charge in [0.2, 0.25) is 0 Å². The standard InChI is InChI=1S/C12H23N3/c1-7-14(8-1)12-4-9-15(10-12)11-2-5-13-6-3-11/h11-13H,1-10H2. The molecule has 3 saturated heterocycles. The Kier molecular flexibility index (Phi) is 2.95. The number of hydrogen-bond donors (Lipinski definition) is 1. The van der Waals surface area contributed by atoms with E-state index >= 15 is 0 Å². The Morgan fingerprint density at radius 3 is 2.27 bits per heavy atom. The average molecular weight is 209 g/mol. The summed E-state index contributed by atoms with van der Waals surface area (Å²) in [5, 5.41) is 3.46. The molecule has 0 amide bonds. The molecule has 3 heteroatoms. The maximum absolute atomic E-state index is 3.46. The second-order valence-electron chi connectivity index (χ2n) is 5.31. The third-order valence-electron chi connectivity index (χ3n) is 4.43. The molecule has 0 aromatic carbocycles. The number of nitrogens with zero attached hydrogens (tertiary/aromatic N) is 2. The number of rotatable bonds is 2. The van der Waals surface area contributed by atoms with Gasteiger partial charge in [-0.2, -0.15) is 0 Å². The number of nitrogens with one attached hydrogen (secondary N) is 1. The fourth-order valence-electron chi connectivity index (χ4n) is 3.28. The monoisotopic (exact) mass is 209 g/mol. The van der Waals surface area contributed by atoms with E-state index in [1.54, 1.807) is 0 Å². The normalized spacial score (nSPS) is 35.6. The van der Waals surface area contributed by atoms with E-state index in [1.165, 1.54) is 65.0 Å². The zero-order chi connectivity index (χ0) is 10.1. The van der Waals surface area contributed by atoms with Gasteiger partial charge < -0.3 is 5.32 Å². The van der Waals surface area contributed by atoms with E-state index in [1.807, 2.05) is 0 Å². The third kappa shape index (κ3) is 2.05. The molecule has 1 unspecified atom stereocenters. The van der Waals surface area contributed by atoms with Crippen molar-refractivity contribution in [1.29, 1.82) is 0 Å². The maximum atomic E-state index is 3.46. The lowest BCUT2D eigenvalue weighted by molar-refractivity contribution is 0.109. The van der Waals surface area contributed by atoms with Crippen molar-refractivity contribution in [3.63, 3.8) is 0 Å². The van der Waals surface area contributed by atoms with Crippen LogP contribution in [-0.2, 0) is 0 Å². The average Bonchev–Trinajstić information content (AvgIpc) is 2.66. The summed E-state index contributed by atoms with van der Waals surface area (Å²) in [5.74, 6) is 0. The van der Waals surface area contributed by atoms with E-state index in [0.717, 1.165) is 12.1 Å². The zero-order valence-electron chi connectivity index (χ0n) is 9.62. The predicted molar refractivity (Wildman–Crippen MR) is 62.1 cm³/mol. The molecule has 86 valence electrons. The Morgan fingerprint density at radius 2 is 1.60 bits per heavy atom. The topological polar surface area (TPSA) is 18.5 Å². The van der Waals surface area contributed by atoms with Gasteiger partial charge in [0.05, 0.1) is 0 Å². The predicted octanol–water partition coefficient (Wildman–Crippen LogP) is 0.518. The Balaban J connectivity index is 1.51. The Hall–Kier alpha value is -0.120. The molecule has 3 aliphatic heterocycles. The summed E-state index contributed by atoms with van der Waals surface area (Å²) >= 11 is 0. The first-order valence-electron chi connectivity index (χ1n) is 6.62. The lowest BCUT2D eigenvalue weighted by atomic mass is 10.1. The van der Waals surface area contributed by atoms with E-state index < -0.39 is 0 Å². The maximum Gasteiger partial charge on any atom is 0.0235 e. The molecule has 3 fully saturated rings. The van der Waals surface area contributed by atoms with Gasteiger partial charge >= 0.3 is 0 Å². The van der Waals surface area contributed by atoms with Crippen LogP contribution in [0.25, 0.3) is 0 Å². The van der Waals surface area contributed by atoms with Gasteiger partial charge in [0.1, 0.15) is 0 Å². The summed E-state index contributed by atoms with van der Waals surface area (Å²) in [6, 6.07) is 1.78. The van der Waals surface area contributed by atoms with Crippen LogP contribution in [0.2, 0.25) is 0 Å². The SMILES string of the molecule is C1CN(C2CCN(C3CCNCC3)C2)C1. The summed E-state index contributed by atoms with van der Waals surface area (Å²) in [5.41, 5.74) is 0. The number of piperidine rings is 1. The molecular formula is C12H23N3. The van der Waals surface area contributed by atoms with E-state index in [2.05, 4.69) is 15.1 Å². The molecule has 0 radical (unpaired) electrons. The summed E-state index contributed by atoms with van der Waals surface area (Å²) < 4.78 is 0. The van der Waals surface area contributed by atoms with Crippen LogP contribution in [-0.4, -0.2) is 61.2 Å². The van der Waals surface area contributed by atoms with Crippen LogP contribution in [0.3, 0.4) is 0 Å². The minimum Gasteiger partial charge on any atom is -0.317 e. The van der Waals surface area contributed by atoms with Crippen molar-refractivity contribution in [3.8, 4) is 0 Å².